The van der Waals surface area contributed by atoms with Crippen LogP contribution in [0.2, 0.25) is 0 Å². The average Bonchev–Trinajstić information content (AvgIpc) is 2.75. The SMILES string of the molecule is Cl.Nc1c(-c2cccc(F)c2)nc2c(C(F)(F)F)cccn12. The third kappa shape index (κ3) is 2.59. The van der Waals surface area contributed by atoms with Crippen molar-refractivity contribution in [1.82, 2.24) is 9.38 Å². The van der Waals surface area contributed by atoms with Gasteiger partial charge in [-0.3, -0.25) is 4.40 Å². The molecule has 8 heteroatoms. The highest BCUT2D eigenvalue weighted by Crippen LogP contribution is 2.35. The molecule has 0 atom stereocenters. The fourth-order valence-electron chi connectivity index (χ4n) is 2.16. The normalized spacial score (nSPS) is 11.5. The Bertz CT molecular complexity index is 827. The van der Waals surface area contributed by atoms with Crippen LogP contribution in [0, 0.1) is 5.82 Å². The van der Waals surface area contributed by atoms with Crippen LogP contribution in [-0.4, -0.2) is 9.38 Å². The molecule has 0 spiro atoms. The number of hydrogen-bond donors (Lipinski definition) is 1. The van der Waals surface area contributed by atoms with E-state index in [0.717, 1.165) is 10.5 Å². The summed E-state index contributed by atoms with van der Waals surface area (Å²) in [6.07, 6.45) is -3.16. The van der Waals surface area contributed by atoms with E-state index in [1.165, 1.54) is 36.5 Å². The van der Waals surface area contributed by atoms with Gasteiger partial charge in [-0.15, -0.1) is 12.4 Å². The fraction of sp³-hybridized carbons (Fsp3) is 0.0714. The van der Waals surface area contributed by atoms with Crippen molar-refractivity contribution >= 4 is 23.9 Å². The summed E-state index contributed by atoms with van der Waals surface area (Å²) in [5, 5.41) is 0. The van der Waals surface area contributed by atoms with Gasteiger partial charge in [0.2, 0.25) is 0 Å². The van der Waals surface area contributed by atoms with E-state index in [1.54, 1.807) is 0 Å². The zero-order valence-electron chi connectivity index (χ0n) is 10.9. The number of rotatable bonds is 1. The number of nitrogens with zero attached hydrogens (tertiary/aromatic N) is 2. The monoisotopic (exact) mass is 331 g/mol. The van der Waals surface area contributed by atoms with E-state index in [1.807, 2.05) is 0 Å². The van der Waals surface area contributed by atoms with Gasteiger partial charge in [0.25, 0.3) is 0 Å². The lowest BCUT2D eigenvalue weighted by atomic mass is 10.1. The van der Waals surface area contributed by atoms with Gasteiger partial charge in [-0.1, -0.05) is 12.1 Å². The predicted octanol–water partition coefficient (Wildman–Crippen LogP) is 4.16. The number of fused-ring (bicyclic) bond motifs is 1. The number of benzene rings is 1. The molecule has 0 radical (unpaired) electrons. The summed E-state index contributed by atoms with van der Waals surface area (Å²) in [6.45, 7) is 0. The highest BCUT2D eigenvalue weighted by molar-refractivity contribution is 5.85. The third-order valence-corrected chi connectivity index (χ3v) is 3.09. The molecule has 0 unspecified atom stereocenters. The van der Waals surface area contributed by atoms with Crippen molar-refractivity contribution in [3.05, 3.63) is 54.0 Å². The number of hydrogen-bond acceptors (Lipinski definition) is 2. The third-order valence-electron chi connectivity index (χ3n) is 3.09. The first-order valence-electron chi connectivity index (χ1n) is 5.97. The molecular weight excluding hydrogens is 322 g/mol. The number of anilines is 1. The molecule has 3 nitrogen and oxygen atoms in total. The molecule has 0 amide bonds. The minimum atomic E-state index is -4.54. The minimum absolute atomic E-state index is 0. The first-order chi connectivity index (χ1) is 9.88. The Kier molecular flexibility index (Phi) is 4.02. The lowest BCUT2D eigenvalue weighted by Gasteiger charge is -2.07. The molecule has 0 saturated heterocycles. The van der Waals surface area contributed by atoms with Gasteiger partial charge in [-0.05, 0) is 24.3 Å². The van der Waals surface area contributed by atoms with Gasteiger partial charge in [-0.25, -0.2) is 9.37 Å². The second-order valence-corrected chi connectivity index (χ2v) is 4.47. The lowest BCUT2D eigenvalue weighted by molar-refractivity contribution is -0.136. The molecule has 0 aliphatic rings. The van der Waals surface area contributed by atoms with Crippen LogP contribution < -0.4 is 5.73 Å². The van der Waals surface area contributed by atoms with Crippen LogP contribution in [0.4, 0.5) is 23.4 Å². The van der Waals surface area contributed by atoms with E-state index in [-0.39, 0.29) is 29.6 Å². The van der Waals surface area contributed by atoms with Gasteiger partial charge in [0.15, 0.2) is 5.65 Å². The van der Waals surface area contributed by atoms with Gasteiger partial charge < -0.3 is 5.73 Å². The Hall–Kier alpha value is -2.28. The fourth-order valence-corrected chi connectivity index (χ4v) is 2.16. The van der Waals surface area contributed by atoms with Crippen molar-refractivity contribution in [2.24, 2.45) is 0 Å². The number of halogens is 5. The van der Waals surface area contributed by atoms with Crippen LogP contribution in [0.25, 0.3) is 16.9 Å². The molecule has 2 N–H and O–H groups in total. The molecule has 3 rings (SSSR count). The van der Waals surface area contributed by atoms with Gasteiger partial charge in [0, 0.05) is 11.8 Å². The zero-order chi connectivity index (χ0) is 15.2. The highest BCUT2D eigenvalue weighted by Gasteiger charge is 2.34. The summed E-state index contributed by atoms with van der Waals surface area (Å²) in [5.41, 5.74) is 5.09. The Balaban J connectivity index is 0.00000176. The highest BCUT2D eigenvalue weighted by atomic mass is 35.5. The lowest BCUT2D eigenvalue weighted by Crippen LogP contribution is -2.07. The Morgan fingerprint density at radius 2 is 1.82 bits per heavy atom. The molecule has 22 heavy (non-hydrogen) atoms. The maximum absolute atomic E-state index is 13.3. The smallest absolute Gasteiger partial charge is 0.383 e. The van der Waals surface area contributed by atoms with Gasteiger partial charge in [0.1, 0.15) is 17.3 Å². The summed E-state index contributed by atoms with van der Waals surface area (Å²) < 4.78 is 53.3. The van der Waals surface area contributed by atoms with Crippen molar-refractivity contribution in [2.45, 2.75) is 6.18 Å². The second kappa shape index (κ2) is 5.49. The Morgan fingerprint density at radius 3 is 2.45 bits per heavy atom. The van der Waals surface area contributed by atoms with E-state index in [2.05, 4.69) is 4.98 Å². The van der Waals surface area contributed by atoms with Crippen molar-refractivity contribution in [2.75, 3.05) is 5.73 Å². The molecule has 3 aromatic rings. The van der Waals surface area contributed by atoms with E-state index < -0.39 is 17.6 Å². The number of alkyl halides is 3. The predicted molar refractivity (Wildman–Crippen MR) is 77.2 cm³/mol. The molecule has 0 saturated carbocycles. The van der Waals surface area contributed by atoms with Crippen LogP contribution in [0.1, 0.15) is 5.56 Å². The zero-order valence-corrected chi connectivity index (χ0v) is 11.7. The van der Waals surface area contributed by atoms with E-state index in [9.17, 15) is 17.6 Å². The first kappa shape index (κ1) is 16.1. The number of aromatic nitrogens is 2. The number of nitrogen functional groups attached to an aromatic ring is 1. The van der Waals surface area contributed by atoms with E-state index >= 15 is 0 Å². The standard InChI is InChI=1S/C14H9F4N3.ClH/c15-9-4-1-3-8(7-9)11-12(19)21-6-2-5-10(13(21)20-11)14(16,17)18;/h1-7H,19H2;1H. The number of pyridine rings is 1. The maximum Gasteiger partial charge on any atom is 0.419 e. The summed E-state index contributed by atoms with van der Waals surface area (Å²) >= 11 is 0. The molecule has 2 heterocycles. The van der Waals surface area contributed by atoms with Crippen molar-refractivity contribution < 1.29 is 17.6 Å². The van der Waals surface area contributed by atoms with Crippen molar-refractivity contribution in [3.8, 4) is 11.3 Å². The summed E-state index contributed by atoms with van der Waals surface area (Å²) in [6, 6.07) is 7.55. The largest absolute Gasteiger partial charge is 0.419 e. The van der Waals surface area contributed by atoms with E-state index in [4.69, 9.17) is 5.73 Å². The average molecular weight is 332 g/mol. The van der Waals surface area contributed by atoms with Gasteiger partial charge >= 0.3 is 6.18 Å². The van der Waals surface area contributed by atoms with Crippen molar-refractivity contribution in [1.29, 1.82) is 0 Å². The summed E-state index contributed by atoms with van der Waals surface area (Å²) in [7, 11) is 0. The van der Waals surface area contributed by atoms with Gasteiger partial charge in [-0.2, -0.15) is 13.2 Å². The first-order valence-corrected chi connectivity index (χ1v) is 5.97. The summed E-state index contributed by atoms with van der Waals surface area (Å²) in [4.78, 5) is 3.94. The topological polar surface area (TPSA) is 43.3 Å². The number of imidazole rings is 1. The molecule has 0 fully saturated rings. The Morgan fingerprint density at radius 1 is 1.09 bits per heavy atom. The molecule has 1 aromatic carbocycles. The van der Waals surface area contributed by atoms with Crippen LogP contribution >= 0.6 is 12.4 Å². The molecular formula is C14H10ClF4N3. The summed E-state index contributed by atoms with van der Waals surface area (Å²) in [5.74, 6) is -0.485. The van der Waals surface area contributed by atoms with Crippen molar-refractivity contribution in [3.63, 3.8) is 0 Å². The van der Waals surface area contributed by atoms with Gasteiger partial charge in [0.05, 0.1) is 5.56 Å². The molecule has 2 aromatic heterocycles. The van der Waals surface area contributed by atoms with E-state index in [0.29, 0.717) is 5.56 Å². The maximum atomic E-state index is 13.3. The molecule has 116 valence electrons. The minimum Gasteiger partial charge on any atom is -0.383 e. The van der Waals surface area contributed by atoms with Crippen LogP contribution in [0.15, 0.2) is 42.6 Å². The second-order valence-electron chi connectivity index (χ2n) is 4.47. The van der Waals surface area contributed by atoms with Crippen LogP contribution in [-0.2, 0) is 6.18 Å². The number of nitrogens with two attached hydrogens (primary N) is 1. The molecule has 0 bridgehead atoms. The quantitative estimate of drug-likeness (QED) is 0.680. The van der Waals surface area contributed by atoms with Crippen LogP contribution in [0.3, 0.4) is 0 Å². The van der Waals surface area contributed by atoms with Crippen LogP contribution in [0.5, 0.6) is 0 Å². The Labute approximate surface area is 128 Å². The molecule has 0 aliphatic carbocycles. The molecule has 0 aliphatic heterocycles.